The van der Waals surface area contributed by atoms with Gasteiger partial charge in [-0.2, -0.15) is 0 Å². The van der Waals surface area contributed by atoms with E-state index in [1.54, 1.807) is 7.11 Å². The molecular weight excluding hydrogens is 358 g/mol. The Morgan fingerprint density at radius 3 is 2.64 bits per heavy atom. The molecule has 0 unspecified atom stereocenters. The second kappa shape index (κ2) is 9.56. The lowest BCUT2D eigenvalue weighted by atomic mass is 10.1. The van der Waals surface area contributed by atoms with Gasteiger partial charge in [0.05, 0.1) is 12.2 Å². The molecule has 160 valence electrons. The van der Waals surface area contributed by atoms with E-state index in [1.807, 2.05) is 32.6 Å². The van der Waals surface area contributed by atoms with Crippen molar-refractivity contribution in [1.82, 2.24) is 14.8 Å². The third kappa shape index (κ3) is 5.58. The fourth-order valence-electron chi connectivity index (χ4n) is 3.50. The summed E-state index contributed by atoms with van der Waals surface area (Å²) in [6, 6.07) is 0. The van der Waals surface area contributed by atoms with Gasteiger partial charge in [-0.15, -0.1) is 0 Å². The number of nitrogens with zero attached hydrogens (tertiary/aromatic N) is 2. The highest BCUT2D eigenvalue weighted by molar-refractivity contribution is 6.01. The Morgan fingerprint density at radius 2 is 2.04 bits per heavy atom. The number of H-pyrrole nitrogens is 1. The molecule has 0 aliphatic carbocycles. The first-order valence-electron chi connectivity index (χ1n) is 10.1. The minimum absolute atomic E-state index is 0. The van der Waals surface area contributed by atoms with Gasteiger partial charge in [-0.05, 0) is 52.6 Å². The summed E-state index contributed by atoms with van der Waals surface area (Å²) < 4.78 is 10.7. The number of carbonyl (C=O) groups excluding carboxylic acids is 2. The quantitative estimate of drug-likeness (QED) is 0.685. The van der Waals surface area contributed by atoms with Crippen LogP contribution in [0.1, 0.15) is 67.6 Å². The smallest absolute Gasteiger partial charge is 0.355 e. The molecule has 0 atom stereocenters. The van der Waals surface area contributed by atoms with Crippen LogP contribution in [0.4, 0.5) is 0 Å². The van der Waals surface area contributed by atoms with Gasteiger partial charge in [-0.3, -0.25) is 9.69 Å². The van der Waals surface area contributed by atoms with Crippen LogP contribution in [0.25, 0.3) is 0 Å². The van der Waals surface area contributed by atoms with Crippen LogP contribution in [0.5, 0.6) is 0 Å². The van der Waals surface area contributed by atoms with Crippen LogP contribution >= 0.6 is 0 Å². The summed E-state index contributed by atoms with van der Waals surface area (Å²) in [5.74, 6) is -0.409. The minimum atomic E-state index is -0.576. The fraction of sp³-hybridized carbons (Fsp3) is 0.714. The number of ether oxygens (including phenoxy) is 2. The van der Waals surface area contributed by atoms with Gasteiger partial charge in [-0.1, -0.05) is 6.92 Å². The van der Waals surface area contributed by atoms with Gasteiger partial charge in [0.2, 0.25) is 0 Å². The third-order valence-electron chi connectivity index (χ3n) is 5.03. The van der Waals surface area contributed by atoms with E-state index in [1.165, 1.54) is 0 Å². The molecule has 0 bridgehead atoms. The van der Waals surface area contributed by atoms with E-state index in [4.69, 9.17) is 9.47 Å². The van der Waals surface area contributed by atoms with Crippen molar-refractivity contribution < 1.29 is 20.5 Å². The Balaban J connectivity index is 0.00000420. The fourth-order valence-corrected chi connectivity index (χ4v) is 3.50. The number of amides is 1. The summed E-state index contributed by atoms with van der Waals surface area (Å²) in [6.45, 7) is 14.1. The largest absolute Gasteiger partial charge is 0.455 e. The monoisotopic (exact) mass is 395 g/mol. The van der Waals surface area contributed by atoms with E-state index >= 15 is 0 Å². The number of hydrogen-bond donors (Lipinski definition) is 1. The number of methoxy groups -OCH3 is 1. The molecule has 0 saturated carbocycles. The molecule has 1 amide bonds. The van der Waals surface area contributed by atoms with E-state index < -0.39 is 11.6 Å². The zero-order valence-electron chi connectivity index (χ0n) is 18.2. The van der Waals surface area contributed by atoms with Gasteiger partial charge in [0.1, 0.15) is 11.3 Å². The average molecular weight is 396 g/mol. The topological polar surface area (TPSA) is 74.9 Å². The highest BCUT2D eigenvalue weighted by atomic mass is 16.6. The zero-order chi connectivity index (χ0) is 20.9. The van der Waals surface area contributed by atoms with E-state index in [-0.39, 0.29) is 7.33 Å². The number of aromatic nitrogens is 1. The third-order valence-corrected chi connectivity index (χ3v) is 5.03. The van der Waals surface area contributed by atoms with Crippen LogP contribution in [0.15, 0.2) is 0 Å². The molecule has 1 N–H and O–H groups in total. The van der Waals surface area contributed by atoms with Crippen LogP contribution in [0.3, 0.4) is 0 Å². The van der Waals surface area contributed by atoms with E-state index in [0.29, 0.717) is 30.0 Å². The number of aryl methyl sites for hydroxylation is 1. The molecule has 0 spiro atoms. The Morgan fingerprint density at radius 1 is 1.32 bits per heavy atom. The van der Waals surface area contributed by atoms with Crippen LogP contribution in [-0.2, 0) is 15.9 Å². The van der Waals surface area contributed by atoms with Crippen LogP contribution in [0, 0.1) is 6.92 Å². The van der Waals surface area contributed by atoms with Crippen LogP contribution < -0.4 is 0 Å². The molecule has 0 radical (unpaired) electrons. The van der Waals surface area contributed by atoms with Crippen molar-refractivity contribution in [3.63, 3.8) is 0 Å². The predicted octanol–water partition coefficient (Wildman–Crippen LogP) is 2.88. The number of fused-ring (bicyclic) bond motifs is 1. The number of esters is 1. The van der Waals surface area contributed by atoms with Gasteiger partial charge in [-0.25, -0.2) is 4.79 Å². The summed E-state index contributed by atoms with van der Waals surface area (Å²) in [4.78, 5) is 33.1. The molecule has 0 saturated heterocycles. The SMILES string of the molecule is CCN(CCOC)CCN1CCCc2[nH]c(C(=O)OC(C)(C)C)c(C)c2C1=O.[HH]. The standard InChI is InChI=1S/C21H35N3O4.H2/c1-7-23(13-14-27-6)11-12-24-10-8-9-16-17(19(24)25)15(2)18(22-16)20(26)28-21(3,4)5;/h22H,7-14H2,1-6H3;1H. The summed E-state index contributed by atoms with van der Waals surface area (Å²) >= 11 is 0. The molecule has 0 aromatic carbocycles. The maximum Gasteiger partial charge on any atom is 0.355 e. The minimum Gasteiger partial charge on any atom is -0.455 e. The predicted molar refractivity (Wildman–Crippen MR) is 111 cm³/mol. The van der Waals surface area contributed by atoms with Crippen molar-refractivity contribution in [2.75, 3.05) is 46.4 Å². The second-order valence-corrected chi connectivity index (χ2v) is 8.30. The van der Waals surface area contributed by atoms with Gasteiger partial charge < -0.3 is 19.4 Å². The van der Waals surface area contributed by atoms with Crippen LogP contribution in [-0.4, -0.2) is 78.7 Å². The molecule has 2 rings (SSSR count). The molecule has 1 aliphatic rings. The molecule has 0 fully saturated rings. The lowest BCUT2D eigenvalue weighted by Crippen LogP contribution is -2.39. The Labute approximate surface area is 169 Å². The number of hydrogen-bond acceptors (Lipinski definition) is 5. The van der Waals surface area contributed by atoms with E-state index in [2.05, 4.69) is 16.8 Å². The molecule has 7 nitrogen and oxygen atoms in total. The molecule has 28 heavy (non-hydrogen) atoms. The second-order valence-electron chi connectivity index (χ2n) is 8.30. The van der Waals surface area contributed by atoms with Gasteiger partial charge >= 0.3 is 5.97 Å². The Bertz CT molecular complexity index is 697. The first-order valence-corrected chi connectivity index (χ1v) is 10.1. The van der Waals surface area contributed by atoms with Crippen molar-refractivity contribution in [1.29, 1.82) is 0 Å². The van der Waals surface area contributed by atoms with E-state index in [0.717, 1.165) is 44.7 Å². The number of nitrogens with one attached hydrogen (secondary N) is 1. The summed E-state index contributed by atoms with van der Waals surface area (Å²) in [5, 5.41) is 0. The van der Waals surface area contributed by atoms with Crippen molar-refractivity contribution in [2.45, 2.75) is 53.1 Å². The molecule has 7 heteroatoms. The Hall–Kier alpha value is -1.86. The van der Waals surface area contributed by atoms with Crippen molar-refractivity contribution in [3.05, 3.63) is 22.5 Å². The van der Waals surface area contributed by atoms with Gasteiger partial charge in [0.15, 0.2) is 0 Å². The van der Waals surface area contributed by atoms with Crippen molar-refractivity contribution >= 4 is 11.9 Å². The first kappa shape index (κ1) is 22.4. The summed E-state index contributed by atoms with van der Waals surface area (Å²) in [6.07, 6.45) is 1.62. The molecule has 1 aromatic rings. The lowest BCUT2D eigenvalue weighted by Gasteiger charge is -2.26. The molecule has 1 aliphatic heterocycles. The van der Waals surface area contributed by atoms with Crippen LogP contribution in [0.2, 0.25) is 0 Å². The van der Waals surface area contributed by atoms with Crippen molar-refractivity contribution in [3.8, 4) is 0 Å². The summed E-state index contributed by atoms with van der Waals surface area (Å²) in [5.41, 5.74) is 1.99. The van der Waals surface area contributed by atoms with Gasteiger partial charge in [0.25, 0.3) is 5.91 Å². The number of carbonyl (C=O) groups is 2. The summed E-state index contributed by atoms with van der Waals surface area (Å²) in [7, 11) is 1.70. The molecule has 2 heterocycles. The van der Waals surface area contributed by atoms with Gasteiger partial charge in [0, 0.05) is 40.4 Å². The maximum atomic E-state index is 13.2. The maximum absolute atomic E-state index is 13.2. The zero-order valence-corrected chi connectivity index (χ0v) is 18.2. The van der Waals surface area contributed by atoms with E-state index in [9.17, 15) is 9.59 Å². The molecule has 1 aromatic heterocycles. The first-order chi connectivity index (χ1) is 13.2. The normalized spacial score (nSPS) is 15.0. The highest BCUT2D eigenvalue weighted by Crippen LogP contribution is 2.26. The number of likely N-dealkylation sites (N-methyl/N-ethyl adjacent to an activating group) is 1. The number of aromatic amines is 1. The Kier molecular flexibility index (Phi) is 7.66. The molecular formula is C21H37N3O4. The highest BCUT2D eigenvalue weighted by Gasteiger charge is 2.31. The van der Waals surface area contributed by atoms with Crippen molar-refractivity contribution in [2.24, 2.45) is 0 Å². The number of rotatable bonds is 8. The average Bonchev–Trinajstić information content (AvgIpc) is 2.85. The lowest BCUT2D eigenvalue weighted by molar-refractivity contribution is 0.00626.